The van der Waals surface area contributed by atoms with Gasteiger partial charge in [-0.05, 0) is 30.7 Å². The van der Waals surface area contributed by atoms with Crippen molar-refractivity contribution < 1.29 is 14.3 Å². The second kappa shape index (κ2) is 5.14. The molecule has 0 aliphatic rings. The molecular weight excluding hydrogens is 194 g/mol. The van der Waals surface area contributed by atoms with Crippen molar-refractivity contribution in [2.75, 3.05) is 5.73 Å². The third-order valence-corrected chi connectivity index (χ3v) is 1.81. The Labute approximate surface area is 88.0 Å². The summed E-state index contributed by atoms with van der Waals surface area (Å²) in [5.41, 5.74) is 6.35. The van der Waals surface area contributed by atoms with E-state index >= 15 is 0 Å². The fourth-order valence-electron chi connectivity index (χ4n) is 1.04. The summed E-state index contributed by atoms with van der Waals surface area (Å²) in [6.45, 7) is 1.84. The predicted molar refractivity (Wildman–Crippen MR) is 56.2 cm³/mol. The maximum Gasteiger partial charge on any atom is 0.345 e. The number of carbonyl (C=O) groups excluding carboxylic acids is 2. The van der Waals surface area contributed by atoms with Gasteiger partial charge in [-0.15, -0.1) is 0 Å². The predicted octanol–water partition coefficient (Wildman–Crippen LogP) is 1.75. The average Bonchev–Trinajstić information content (AvgIpc) is 2.18. The zero-order valence-electron chi connectivity index (χ0n) is 8.53. The number of nitrogens with two attached hydrogens (primary N) is 1. The number of nitrogen functional groups attached to an aromatic ring is 1. The fourth-order valence-corrected chi connectivity index (χ4v) is 1.04. The lowest BCUT2D eigenvalue weighted by Crippen LogP contribution is -2.12. The largest absolute Gasteiger partial charge is 0.399 e. The molecule has 0 heterocycles. The van der Waals surface area contributed by atoms with E-state index in [-0.39, 0.29) is 6.42 Å². The van der Waals surface area contributed by atoms with Gasteiger partial charge in [-0.2, -0.15) is 0 Å². The highest BCUT2D eigenvalue weighted by Gasteiger charge is 2.11. The average molecular weight is 207 g/mol. The van der Waals surface area contributed by atoms with Crippen molar-refractivity contribution in [3.8, 4) is 0 Å². The number of anilines is 1. The maximum absolute atomic E-state index is 11.4. The Hall–Kier alpha value is -1.84. The molecular formula is C11H13NO3. The molecule has 0 unspecified atom stereocenters. The van der Waals surface area contributed by atoms with Crippen LogP contribution >= 0.6 is 0 Å². The highest BCUT2D eigenvalue weighted by molar-refractivity contribution is 5.96. The summed E-state index contributed by atoms with van der Waals surface area (Å²) >= 11 is 0. The molecule has 1 rings (SSSR count). The molecule has 0 aromatic heterocycles. The van der Waals surface area contributed by atoms with Crippen molar-refractivity contribution in [3.63, 3.8) is 0 Å². The summed E-state index contributed by atoms with van der Waals surface area (Å²) in [5, 5.41) is 0. The second-order valence-corrected chi connectivity index (χ2v) is 3.13. The lowest BCUT2D eigenvalue weighted by molar-refractivity contribution is -0.137. The van der Waals surface area contributed by atoms with E-state index in [1.807, 2.05) is 6.92 Å². The van der Waals surface area contributed by atoms with Crippen molar-refractivity contribution in [3.05, 3.63) is 29.8 Å². The molecule has 2 N–H and O–H groups in total. The molecule has 0 atom stereocenters. The number of benzene rings is 1. The molecule has 0 fully saturated rings. The van der Waals surface area contributed by atoms with Gasteiger partial charge in [0, 0.05) is 12.1 Å². The van der Waals surface area contributed by atoms with Crippen LogP contribution in [0.25, 0.3) is 0 Å². The zero-order chi connectivity index (χ0) is 11.3. The van der Waals surface area contributed by atoms with E-state index in [4.69, 9.17) is 5.73 Å². The molecule has 80 valence electrons. The number of rotatable bonds is 3. The molecule has 0 radical (unpaired) electrons. The minimum atomic E-state index is -0.631. The van der Waals surface area contributed by atoms with Crippen LogP contribution in [0.3, 0.4) is 0 Å². The number of esters is 2. The van der Waals surface area contributed by atoms with Crippen LogP contribution in [0.4, 0.5) is 5.69 Å². The molecule has 0 spiro atoms. The summed E-state index contributed by atoms with van der Waals surface area (Å²) in [6.07, 6.45) is 0.911. The SMILES string of the molecule is CCCC(=O)OC(=O)c1ccc(N)cc1. The first-order valence-electron chi connectivity index (χ1n) is 4.74. The molecule has 0 aliphatic carbocycles. The van der Waals surface area contributed by atoms with Crippen molar-refractivity contribution >= 4 is 17.6 Å². The molecule has 1 aromatic rings. The highest BCUT2D eigenvalue weighted by atomic mass is 16.6. The summed E-state index contributed by atoms with van der Waals surface area (Å²) in [6, 6.07) is 6.22. The summed E-state index contributed by atoms with van der Waals surface area (Å²) in [5.74, 6) is -1.13. The Morgan fingerprint density at radius 1 is 1.27 bits per heavy atom. The minimum absolute atomic E-state index is 0.251. The lowest BCUT2D eigenvalue weighted by atomic mass is 10.2. The third-order valence-electron chi connectivity index (χ3n) is 1.81. The molecule has 0 aliphatic heterocycles. The van der Waals surface area contributed by atoms with Gasteiger partial charge >= 0.3 is 11.9 Å². The van der Waals surface area contributed by atoms with Gasteiger partial charge in [-0.1, -0.05) is 6.92 Å². The molecule has 0 amide bonds. The fraction of sp³-hybridized carbons (Fsp3) is 0.273. The quantitative estimate of drug-likeness (QED) is 0.465. The van der Waals surface area contributed by atoms with Crippen LogP contribution in [0, 0.1) is 0 Å². The van der Waals surface area contributed by atoms with Crippen molar-refractivity contribution in [1.29, 1.82) is 0 Å². The van der Waals surface area contributed by atoms with E-state index in [0.29, 0.717) is 17.7 Å². The lowest BCUT2D eigenvalue weighted by Gasteiger charge is -2.02. The number of hydrogen-bond donors (Lipinski definition) is 1. The van der Waals surface area contributed by atoms with Gasteiger partial charge in [-0.3, -0.25) is 4.79 Å². The molecule has 4 heteroatoms. The van der Waals surface area contributed by atoms with Crippen molar-refractivity contribution in [1.82, 2.24) is 0 Å². The Morgan fingerprint density at radius 3 is 2.40 bits per heavy atom. The van der Waals surface area contributed by atoms with Crippen LogP contribution < -0.4 is 5.73 Å². The van der Waals surface area contributed by atoms with Crippen LogP contribution in [0.5, 0.6) is 0 Å². The minimum Gasteiger partial charge on any atom is -0.399 e. The highest BCUT2D eigenvalue weighted by Crippen LogP contribution is 2.07. The monoisotopic (exact) mass is 207 g/mol. The molecule has 0 bridgehead atoms. The molecule has 0 saturated carbocycles. The van der Waals surface area contributed by atoms with Crippen LogP contribution in [0.1, 0.15) is 30.1 Å². The van der Waals surface area contributed by atoms with E-state index in [1.54, 1.807) is 12.1 Å². The maximum atomic E-state index is 11.4. The molecule has 4 nitrogen and oxygen atoms in total. The van der Waals surface area contributed by atoms with Gasteiger partial charge < -0.3 is 10.5 Å². The van der Waals surface area contributed by atoms with E-state index in [0.717, 1.165) is 0 Å². The van der Waals surface area contributed by atoms with E-state index in [1.165, 1.54) is 12.1 Å². The van der Waals surface area contributed by atoms with Gasteiger partial charge in [0.2, 0.25) is 0 Å². The third kappa shape index (κ3) is 3.42. The van der Waals surface area contributed by atoms with Gasteiger partial charge in [0.05, 0.1) is 5.56 Å². The van der Waals surface area contributed by atoms with E-state index in [2.05, 4.69) is 4.74 Å². The first-order valence-corrected chi connectivity index (χ1v) is 4.74. The molecule has 15 heavy (non-hydrogen) atoms. The number of carbonyl (C=O) groups is 2. The van der Waals surface area contributed by atoms with E-state index in [9.17, 15) is 9.59 Å². The van der Waals surface area contributed by atoms with E-state index < -0.39 is 11.9 Å². The zero-order valence-corrected chi connectivity index (χ0v) is 8.53. The van der Waals surface area contributed by atoms with Crippen LogP contribution in [0.15, 0.2) is 24.3 Å². The first-order chi connectivity index (χ1) is 7.13. The Bertz CT molecular complexity index is 357. The first kappa shape index (κ1) is 11.2. The molecule has 1 aromatic carbocycles. The number of hydrogen-bond acceptors (Lipinski definition) is 4. The smallest absolute Gasteiger partial charge is 0.345 e. The van der Waals surface area contributed by atoms with Crippen LogP contribution in [0.2, 0.25) is 0 Å². The van der Waals surface area contributed by atoms with Gasteiger partial charge in [-0.25, -0.2) is 4.79 Å². The molecule has 0 saturated heterocycles. The summed E-state index contributed by atoms with van der Waals surface area (Å²) < 4.78 is 4.60. The van der Waals surface area contributed by atoms with Crippen molar-refractivity contribution in [2.24, 2.45) is 0 Å². The Kier molecular flexibility index (Phi) is 3.85. The van der Waals surface area contributed by atoms with Crippen LogP contribution in [-0.2, 0) is 9.53 Å². The normalized spacial score (nSPS) is 9.67. The Morgan fingerprint density at radius 2 is 1.87 bits per heavy atom. The number of ether oxygens (including phenoxy) is 1. The van der Waals surface area contributed by atoms with Crippen LogP contribution in [-0.4, -0.2) is 11.9 Å². The standard InChI is InChI=1S/C11H13NO3/c1-2-3-10(13)15-11(14)8-4-6-9(12)7-5-8/h4-7H,2-3,12H2,1H3. The van der Waals surface area contributed by atoms with Gasteiger partial charge in [0.15, 0.2) is 0 Å². The summed E-state index contributed by atoms with van der Waals surface area (Å²) in [4.78, 5) is 22.4. The topological polar surface area (TPSA) is 69.4 Å². The van der Waals surface area contributed by atoms with Crippen molar-refractivity contribution in [2.45, 2.75) is 19.8 Å². The summed E-state index contributed by atoms with van der Waals surface area (Å²) in [7, 11) is 0. The Balaban J connectivity index is 2.61. The van der Waals surface area contributed by atoms with Gasteiger partial charge in [0.1, 0.15) is 0 Å². The van der Waals surface area contributed by atoms with Gasteiger partial charge in [0.25, 0.3) is 0 Å². The second-order valence-electron chi connectivity index (χ2n) is 3.13.